The lowest BCUT2D eigenvalue weighted by Crippen LogP contribution is -2.34. The summed E-state index contributed by atoms with van der Waals surface area (Å²) >= 11 is 12.1. The van der Waals surface area contributed by atoms with E-state index in [9.17, 15) is 4.79 Å². The summed E-state index contributed by atoms with van der Waals surface area (Å²) in [4.78, 5) is 17.3. The molecule has 0 saturated heterocycles. The number of anilines is 1. The van der Waals surface area contributed by atoms with E-state index in [1.807, 2.05) is 31.2 Å². The number of oxazole rings is 1. The van der Waals surface area contributed by atoms with E-state index in [0.717, 1.165) is 15.8 Å². The van der Waals surface area contributed by atoms with E-state index >= 15 is 0 Å². The van der Waals surface area contributed by atoms with Gasteiger partial charge in [0.15, 0.2) is 10.7 Å². The minimum atomic E-state index is -0.406. The highest BCUT2D eigenvalue weighted by Gasteiger charge is 2.18. The van der Waals surface area contributed by atoms with Gasteiger partial charge in [0.05, 0.1) is 23.8 Å². The summed E-state index contributed by atoms with van der Waals surface area (Å²) in [7, 11) is 1.50. The van der Waals surface area contributed by atoms with Crippen LogP contribution in [0.2, 0.25) is 0 Å². The number of halogens is 2. The molecule has 2 N–H and O–H groups in total. The Morgan fingerprint density at radius 3 is 2.59 bits per heavy atom. The lowest BCUT2D eigenvalue weighted by molar-refractivity contribution is 0.0974. The molecule has 4 aromatic rings. The maximum Gasteiger partial charge on any atom is 0.261 e. The van der Waals surface area contributed by atoms with Crippen molar-refractivity contribution in [1.29, 1.82) is 0 Å². The molecule has 0 atom stereocenters. The molecule has 0 bridgehead atoms. The number of hydrogen-bond acceptors (Lipinski definition) is 6. The Hall–Kier alpha value is -2.95. The molecule has 174 valence electrons. The molecular formula is C24H19Br2N3O4S. The predicted molar refractivity (Wildman–Crippen MR) is 143 cm³/mol. The number of carbonyl (C=O) groups is 1. The Labute approximate surface area is 218 Å². The van der Waals surface area contributed by atoms with Crippen molar-refractivity contribution in [1.82, 2.24) is 10.3 Å². The summed E-state index contributed by atoms with van der Waals surface area (Å²) < 4.78 is 18.1. The van der Waals surface area contributed by atoms with Crippen molar-refractivity contribution in [3.63, 3.8) is 0 Å². The Bertz CT molecular complexity index is 1370. The van der Waals surface area contributed by atoms with Crippen molar-refractivity contribution >= 4 is 71.9 Å². The standard InChI is InChI=1S/C24H19Br2N3O4S/c1-3-32-16-7-4-13(5-8-16)23-28-19-12-15(6-9-20(19)33-23)27-24(34)29-22(30)17-10-14(25)11-18(26)21(17)31-2/h4-12H,3H2,1-2H3,(H2,27,29,30,34). The number of nitrogens with one attached hydrogen (secondary N) is 2. The van der Waals surface area contributed by atoms with E-state index < -0.39 is 5.91 Å². The molecule has 0 aliphatic carbocycles. The molecule has 0 aliphatic rings. The van der Waals surface area contributed by atoms with Crippen LogP contribution in [0.15, 0.2) is 68.0 Å². The molecule has 0 saturated carbocycles. The molecule has 0 fully saturated rings. The molecular weight excluding hydrogens is 586 g/mol. The van der Waals surface area contributed by atoms with Gasteiger partial charge in [0.25, 0.3) is 5.91 Å². The summed E-state index contributed by atoms with van der Waals surface area (Å²) in [5.41, 5.74) is 3.12. The monoisotopic (exact) mass is 603 g/mol. The van der Waals surface area contributed by atoms with E-state index in [1.54, 1.807) is 30.3 Å². The summed E-state index contributed by atoms with van der Waals surface area (Å²) in [5.74, 6) is 1.29. The van der Waals surface area contributed by atoms with Crippen molar-refractivity contribution in [3.8, 4) is 23.0 Å². The van der Waals surface area contributed by atoms with E-state index in [2.05, 4.69) is 47.5 Å². The van der Waals surface area contributed by atoms with Crippen molar-refractivity contribution in [2.24, 2.45) is 0 Å². The van der Waals surface area contributed by atoms with Crippen molar-refractivity contribution < 1.29 is 18.7 Å². The van der Waals surface area contributed by atoms with Crippen LogP contribution < -0.4 is 20.1 Å². The highest BCUT2D eigenvalue weighted by atomic mass is 79.9. The lowest BCUT2D eigenvalue weighted by atomic mass is 10.2. The topological polar surface area (TPSA) is 85.6 Å². The second kappa shape index (κ2) is 10.5. The van der Waals surface area contributed by atoms with Crippen LogP contribution in [-0.2, 0) is 0 Å². The zero-order valence-corrected chi connectivity index (χ0v) is 22.1. The van der Waals surface area contributed by atoms with Crippen LogP contribution >= 0.6 is 44.1 Å². The average molecular weight is 605 g/mol. The molecule has 1 heterocycles. The number of methoxy groups -OCH3 is 1. The number of carbonyl (C=O) groups excluding carboxylic acids is 1. The summed E-state index contributed by atoms with van der Waals surface area (Å²) in [6.45, 7) is 2.54. The van der Waals surface area contributed by atoms with Crippen molar-refractivity contribution in [3.05, 3.63) is 69.1 Å². The van der Waals surface area contributed by atoms with Gasteiger partial charge in [-0.15, -0.1) is 0 Å². The van der Waals surface area contributed by atoms with E-state index in [1.165, 1.54) is 7.11 Å². The molecule has 0 spiro atoms. The number of benzene rings is 3. The first kappa shape index (κ1) is 24.2. The average Bonchev–Trinajstić information content (AvgIpc) is 3.22. The van der Waals surface area contributed by atoms with E-state index in [-0.39, 0.29) is 5.11 Å². The number of rotatable bonds is 6. The van der Waals surface area contributed by atoms with Gasteiger partial charge in [-0.25, -0.2) is 4.98 Å². The van der Waals surface area contributed by atoms with Crippen molar-refractivity contribution in [2.75, 3.05) is 19.0 Å². The second-order valence-electron chi connectivity index (χ2n) is 7.04. The zero-order chi connectivity index (χ0) is 24.2. The molecule has 3 aromatic carbocycles. The molecule has 1 aromatic heterocycles. The lowest BCUT2D eigenvalue weighted by Gasteiger charge is -2.13. The van der Waals surface area contributed by atoms with Gasteiger partial charge >= 0.3 is 0 Å². The summed E-state index contributed by atoms with van der Waals surface area (Å²) in [6.07, 6.45) is 0. The highest BCUT2D eigenvalue weighted by molar-refractivity contribution is 9.11. The van der Waals surface area contributed by atoms with Gasteiger partial charge in [-0.05, 0) is 89.7 Å². The third-order valence-electron chi connectivity index (χ3n) is 4.74. The summed E-state index contributed by atoms with van der Waals surface area (Å²) in [5, 5.41) is 5.82. The fourth-order valence-corrected chi connectivity index (χ4v) is 4.86. The predicted octanol–water partition coefficient (Wildman–Crippen LogP) is 6.55. The quantitative estimate of drug-likeness (QED) is 0.241. The van der Waals surface area contributed by atoms with Crippen LogP contribution in [-0.4, -0.2) is 29.7 Å². The van der Waals surface area contributed by atoms with Gasteiger partial charge in [-0.3, -0.25) is 10.1 Å². The van der Waals surface area contributed by atoms with E-state index in [4.69, 9.17) is 26.1 Å². The molecule has 0 aliphatic heterocycles. The molecule has 34 heavy (non-hydrogen) atoms. The molecule has 4 rings (SSSR count). The fraction of sp³-hybridized carbons (Fsp3) is 0.125. The molecule has 10 heteroatoms. The van der Waals surface area contributed by atoms with Gasteiger partial charge in [0.1, 0.15) is 17.0 Å². The smallest absolute Gasteiger partial charge is 0.261 e. The Morgan fingerprint density at radius 2 is 1.88 bits per heavy atom. The van der Waals surface area contributed by atoms with Crippen LogP contribution in [0.1, 0.15) is 17.3 Å². The van der Waals surface area contributed by atoms with Crippen LogP contribution in [0.25, 0.3) is 22.6 Å². The van der Waals surface area contributed by atoms with Gasteiger partial charge in [-0.2, -0.15) is 0 Å². The number of thiocarbonyl (C=S) groups is 1. The Kier molecular flexibility index (Phi) is 7.50. The molecule has 1 amide bonds. The SMILES string of the molecule is CCOc1ccc(-c2nc3cc(NC(=S)NC(=O)c4cc(Br)cc(Br)c4OC)ccc3o2)cc1. The largest absolute Gasteiger partial charge is 0.495 e. The number of amides is 1. The van der Waals surface area contributed by atoms with Crippen LogP contribution in [0.3, 0.4) is 0 Å². The third-order valence-corrected chi connectivity index (χ3v) is 5.99. The number of hydrogen-bond donors (Lipinski definition) is 2. The maximum absolute atomic E-state index is 12.8. The first-order valence-corrected chi connectivity index (χ1v) is 12.2. The van der Waals surface area contributed by atoms with Crippen LogP contribution in [0.5, 0.6) is 11.5 Å². The first-order valence-electron chi connectivity index (χ1n) is 10.2. The second-order valence-corrected chi connectivity index (χ2v) is 9.21. The molecule has 7 nitrogen and oxygen atoms in total. The highest BCUT2D eigenvalue weighted by Crippen LogP contribution is 2.33. The number of nitrogens with zero attached hydrogens (tertiary/aromatic N) is 1. The maximum atomic E-state index is 12.8. The summed E-state index contributed by atoms with van der Waals surface area (Å²) in [6, 6.07) is 16.4. The molecule has 0 unspecified atom stereocenters. The van der Waals surface area contributed by atoms with Gasteiger partial charge < -0.3 is 19.2 Å². The first-order chi connectivity index (χ1) is 16.4. The number of fused-ring (bicyclic) bond motifs is 1. The Morgan fingerprint density at radius 1 is 1.12 bits per heavy atom. The van der Waals surface area contributed by atoms with Gasteiger partial charge in [0.2, 0.25) is 5.89 Å². The Balaban J connectivity index is 1.48. The fourth-order valence-electron chi connectivity index (χ4n) is 3.26. The minimum Gasteiger partial charge on any atom is -0.495 e. The van der Waals surface area contributed by atoms with Crippen LogP contribution in [0.4, 0.5) is 5.69 Å². The normalized spacial score (nSPS) is 10.7. The molecule has 0 radical (unpaired) electrons. The van der Waals surface area contributed by atoms with Crippen molar-refractivity contribution in [2.45, 2.75) is 6.92 Å². The van der Waals surface area contributed by atoms with Gasteiger partial charge in [-0.1, -0.05) is 15.9 Å². The number of aromatic nitrogens is 1. The third kappa shape index (κ3) is 5.40. The zero-order valence-electron chi connectivity index (χ0n) is 18.1. The van der Waals surface area contributed by atoms with Gasteiger partial charge in [0, 0.05) is 15.7 Å². The minimum absolute atomic E-state index is 0.137. The number of ether oxygens (including phenoxy) is 2. The van der Waals surface area contributed by atoms with Crippen LogP contribution in [0, 0.1) is 0 Å². The van der Waals surface area contributed by atoms with E-state index in [0.29, 0.717) is 45.1 Å².